The molecule has 0 amide bonds. The predicted molar refractivity (Wildman–Crippen MR) is 199 cm³/mol. The van der Waals surface area contributed by atoms with Crippen molar-refractivity contribution in [2.24, 2.45) is 0 Å². The van der Waals surface area contributed by atoms with Crippen molar-refractivity contribution in [1.82, 2.24) is 9.38 Å². The largest absolute Gasteiger partial charge is 0.456 e. The zero-order chi connectivity index (χ0) is 32.0. The number of hydrogen-bond donors (Lipinski definition) is 0. The molecule has 0 aliphatic carbocycles. The highest BCUT2D eigenvalue weighted by molar-refractivity contribution is 6.19. The Morgan fingerprint density at radius 2 is 1.30 bits per heavy atom. The molecule has 0 fully saturated rings. The molecule has 0 spiro atoms. The van der Waals surface area contributed by atoms with Crippen LogP contribution in [0.5, 0.6) is 0 Å². The lowest BCUT2D eigenvalue weighted by molar-refractivity contribution is 0.590. The molecule has 6 aromatic carbocycles. The van der Waals surface area contributed by atoms with E-state index in [-0.39, 0.29) is 5.41 Å². The number of nitrogens with zero attached hydrogens (tertiary/aromatic N) is 2. The van der Waals surface area contributed by atoms with E-state index in [1.165, 1.54) is 38.8 Å². The molecule has 9 rings (SSSR count). The van der Waals surface area contributed by atoms with Crippen molar-refractivity contribution in [1.29, 1.82) is 0 Å². The number of pyridine rings is 1. The van der Waals surface area contributed by atoms with Crippen LogP contribution in [0.25, 0.3) is 82.5 Å². The summed E-state index contributed by atoms with van der Waals surface area (Å²) in [4.78, 5) is 5.08. The number of furan rings is 1. The Morgan fingerprint density at radius 3 is 2.09 bits per heavy atom. The van der Waals surface area contributed by atoms with Crippen molar-refractivity contribution in [2.75, 3.05) is 0 Å². The van der Waals surface area contributed by atoms with Gasteiger partial charge in [0.05, 0.1) is 16.6 Å². The molecule has 0 saturated heterocycles. The number of fused-ring (bicyclic) bond motifs is 11. The van der Waals surface area contributed by atoms with E-state index in [0.29, 0.717) is 5.92 Å². The Balaban J connectivity index is 1.32. The average molecular weight is 609 g/mol. The van der Waals surface area contributed by atoms with E-state index < -0.39 is 0 Å². The van der Waals surface area contributed by atoms with Gasteiger partial charge >= 0.3 is 0 Å². The van der Waals surface area contributed by atoms with Crippen LogP contribution in [-0.4, -0.2) is 9.38 Å². The van der Waals surface area contributed by atoms with Crippen molar-refractivity contribution >= 4 is 60.3 Å². The van der Waals surface area contributed by atoms with E-state index in [4.69, 9.17) is 9.40 Å². The van der Waals surface area contributed by atoms with E-state index >= 15 is 0 Å². The van der Waals surface area contributed by atoms with Crippen LogP contribution in [0, 0.1) is 0 Å². The number of benzene rings is 6. The fraction of sp³-hybridized carbons (Fsp3) is 0.159. The second kappa shape index (κ2) is 10.0. The van der Waals surface area contributed by atoms with Gasteiger partial charge in [-0.25, -0.2) is 4.98 Å². The van der Waals surface area contributed by atoms with Gasteiger partial charge in [0.15, 0.2) is 0 Å². The zero-order valence-electron chi connectivity index (χ0n) is 27.4. The van der Waals surface area contributed by atoms with Crippen LogP contribution < -0.4 is 0 Å². The molecular formula is C44H36N2O. The molecule has 0 bridgehead atoms. The van der Waals surface area contributed by atoms with Gasteiger partial charge in [-0.3, -0.25) is 4.40 Å². The Hall–Kier alpha value is -5.41. The van der Waals surface area contributed by atoms with Crippen LogP contribution in [0.1, 0.15) is 51.7 Å². The molecule has 9 aromatic rings. The second-order valence-corrected chi connectivity index (χ2v) is 14.2. The van der Waals surface area contributed by atoms with Crippen molar-refractivity contribution in [2.45, 2.75) is 46.0 Å². The number of hydrogen-bond acceptors (Lipinski definition) is 2. The number of aromatic nitrogens is 2. The summed E-state index contributed by atoms with van der Waals surface area (Å²) in [5, 5.41) is 5.73. The summed E-state index contributed by atoms with van der Waals surface area (Å²) in [6, 6.07) is 43.9. The highest BCUT2D eigenvalue weighted by Gasteiger charge is 2.25. The topological polar surface area (TPSA) is 30.4 Å². The van der Waals surface area contributed by atoms with E-state index in [0.717, 1.165) is 54.9 Å². The third-order valence-electron chi connectivity index (χ3n) is 9.84. The Bertz CT molecular complexity index is 2680. The second-order valence-electron chi connectivity index (χ2n) is 14.2. The maximum atomic E-state index is 6.75. The molecule has 228 valence electrons. The lowest BCUT2D eigenvalue weighted by atomic mass is 9.76. The fourth-order valence-corrected chi connectivity index (χ4v) is 7.56. The molecule has 0 saturated carbocycles. The maximum Gasteiger partial charge on any atom is 0.146 e. The van der Waals surface area contributed by atoms with Gasteiger partial charge in [0.1, 0.15) is 16.8 Å². The molecule has 0 aliphatic rings. The lowest BCUT2D eigenvalue weighted by Crippen LogP contribution is -2.15. The molecule has 3 heterocycles. The van der Waals surface area contributed by atoms with E-state index in [2.05, 4.69) is 160 Å². The van der Waals surface area contributed by atoms with Gasteiger partial charge in [-0.15, -0.1) is 0 Å². The van der Waals surface area contributed by atoms with Crippen LogP contribution in [0.4, 0.5) is 0 Å². The van der Waals surface area contributed by atoms with Crippen LogP contribution in [0.2, 0.25) is 0 Å². The summed E-state index contributed by atoms with van der Waals surface area (Å²) < 4.78 is 9.06. The predicted octanol–water partition coefficient (Wildman–Crippen LogP) is 12.4. The number of para-hydroxylation sites is 2. The monoisotopic (exact) mass is 608 g/mol. The number of rotatable bonds is 3. The zero-order valence-corrected chi connectivity index (χ0v) is 27.4. The molecule has 3 nitrogen and oxygen atoms in total. The maximum absolute atomic E-state index is 6.75. The van der Waals surface area contributed by atoms with Crippen molar-refractivity contribution < 1.29 is 4.42 Å². The highest BCUT2D eigenvalue weighted by Crippen LogP contribution is 2.44. The number of imidazole rings is 1. The Morgan fingerprint density at radius 1 is 0.574 bits per heavy atom. The summed E-state index contributed by atoms with van der Waals surface area (Å²) in [5.74, 6) is 0.354. The molecule has 0 atom stereocenters. The average Bonchev–Trinajstić information content (AvgIpc) is 3.65. The normalized spacial score (nSPS) is 12.6. The van der Waals surface area contributed by atoms with Crippen LogP contribution >= 0.6 is 0 Å². The summed E-state index contributed by atoms with van der Waals surface area (Å²) in [7, 11) is 0. The summed E-state index contributed by atoms with van der Waals surface area (Å²) >= 11 is 0. The van der Waals surface area contributed by atoms with Gasteiger partial charge in [-0.1, -0.05) is 113 Å². The molecule has 0 aliphatic heterocycles. The standard InChI is InChI=1S/C44H36N2O/c1-26(2)33-21-29(27-13-7-6-8-14-27)22-36(44(3,4)5)42(33)28-19-20-31-35-24-39-34(25-41(35)47-40(31)23-28)30-15-9-10-16-32(30)43-45-37-17-11-12-18-38(37)46(39)43/h6-26H,1-5H3. The first-order chi connectivity index (χ1) is 22.8. The fourth-order valence-electron chi connectivity index (χ4n) is 7.56. The van der Waals surface area contributed by atoms with Gasteiger partial charge in [-0.05, 0) is 92.6 Å². The molecule has 0 radical (unpaired) electrons. The van der Waals surface area contributed by atoms with Crippen molar-refractivity contribution in [3.8, 4) is 22.3 Å². The quantitative estimate of drug-likeness (QED) is 0.187. The first-order valence-corrected chi connectivity index (χ1v) is 16.6. The third kappa shape index (κ3) is 4.23. The minimum atomic E-state index is -0.0513. The molecule has 0 N–H and O–H groups in total. The smallest absolute Gasteiger partial charge is 0.146 e. The lowest BCUT2D eigenvalue weighted by Gasteiger charge is -2.28. The highest BCUT2D eigenvalue weighted by atomic mass is 16.3. The minimum Gasteiger partial charge on any atom is -0.456 e. The van der Waals surface area contributed by atoms with Gasteiger partial charge < -0.3 is 4.42 Å². The van der Waals surface area contributed by atoms with E-state index in [9.17, 15) is 0 Å². The molecular weight excluding hydrogens is 572 g/mol. The first kappa shape index (κ1) is 27.9. The SMILES string of the molecule is CC(C)c1cc(-c2ccccc2)cc(C(C)(C)C)c1-c1ccc2c(c1)oc1cc3c4ccccc4c4nc5ccccc5n4c3cc12. The van der Waals surface area contributed by atoms with Crippen LogP contribution in [0.15, 0.2) is 126 Å². The molecule has 0 unspecified atom stereocenters. The summed E-state index contributed by atoms with van der Waals surface area (Å²) in [6.45, 7) is 11.6. The van der Waals surface area contributed by atoms with Crippen LogP contribution in [0.3, 0.4) is 0 Å². The molecule has 3 aromatic heterocycles. The summed E-state index contributed by atoms with van der Waals surface area (Å²) in [6.07, 6.45) is 0. The van der Waals surface area contributed by atoms with Crippen molar-refractivity contribution in [3.63, 3.8) is 0 Å². The van der Waals surface area contributed by atoms with Crippen molar-refractivity contribution in [3.05, 3.63) is 132 Å². The first-order valence-electron chi connectivity index (χ1n) is 16.6. The van der Waals surface area contributed by atoms with Gasteiger partial charge in [-0.2, -0.15) is 0 Å². The van der Waals surface area contributed by atoms with Gasteiger partial charge in [0.25, 0.3) is 0 Å². The summed E-state index contributed by atoms with van der Waals surface area (Å²) in [5.41, 5.74) is 13.7. The third-order valence-corrected chi connectivity index (χ3v) is 9.84. The van der Waals surface area contributed by atoms with Crippen LogP contribution in [-0.2, 0) is 5.41 Å². The molecule has 47 heavy (non-hydrogen) atoms. The minimum absolute atomic E-state index is 0.0513. The molecule has 3 heteroatoms. The Labute approximate surface area is 274 Å². The van der Waals surface area contributed by atoms with Gasteiger partial charge in [0, 0.05) is 21.5 Å². The van der Waals surface area contributed by atoms with E-state index in [1.807, 2.05) is 0 Å². The van der Waals surface area contributed by atoms with E-state index in [1.54, 1.807) is 0 Å². The Kier molecular flexibility index (Phi) is 5.95. The van der Waals surface area contributed by atoms with Gasteiger partial charge in [0.2, 0.25) is 0 Å².